The third-order valence-corrected chi connectivity index (χ3v) is 3.52. The number of carbonyl (C=O) groups excluding carboxylic acids is 1. The predicted octanol–water partition coefficient (Wildman–Crippen LogP) is 2.24. The lowest BCUT2D eigenvalue weighted by Crippen LogP contribution is -2.39. The third-order valence-electron chi connectivity index (χ3n) is 3.52. The Kier molecular flexibility index (Phi) is 6.14. The minimum absolute atomic E-state index is 0.188. The maximum Gasteiger partial charge on any atom is 0.243 e. The average molecular weight is 313 g/mol. The van der Waals surface area contributed by atoms with E-state index in [-0.39, 0.29) is 12.5 Å². The van der Waals surface area contributed by atoms with Crippen molar-refractivity contribution >= 4 is 17.3 Å². The van der Waals surface area contributed by atoms with E-state index in [2.05, 4.69) is 22.3 Å². The Labute approximate surface area is 137 Å². The van der Waals surface area contributed by atoms with Crippen molar-refractivity contribution in [2.45, 2.75) is 12.6 Å². The first-order valence-electron chi connectivity index (χ1n) is 7.51. The fraction of sp³-hybridized carbons (Fsp3) is 0.278. The summed E-state index contributed by atoms with van der Waals surface area (Å²) in [4.78, 5) is 14.2. The number of rotatable bonds is 7. The molecule has 1 amide bonds. The highest BCUT2D eigenvalue weighted by Gasteiger charge is 2.16. The van der Waals surface area contributed by atoms with Gasteiger partial charge in [-0.2, -0.15) is 0 Å². The summed E-state index contributed by atoms with van der Waals surface area (Å²) >= 11 is 0. The van der Waals surface area contributed by atoms with E-state index in [9.17, 15) is 4.79 Å². The van der Waals surface area contributed by atoms with Crippen molar-refractivity contribution in [3.63, 3.8) is 0 Å². The van der Waals surface area contributed by atoms with Gasteiger partial charge in [0.2, 0.25) is 5.91 Å². The Balaban J connectivity index is 2.12. The van der Waals surface area contributed by atoms with E-state index in [1.165, 1.54) is 12.7 Å². The summed E-state index contributed by atoms with van der Waals surface area (Å²) in [6.45, 7) is 0.936. The molecule has 0 aliphatic heterocycles. The highest BCUT2D eigenvalue weighted by molar-refractivity contribution is 5.97. The van der Waals surface area contributed by atoms with Gasteiger partial charge in [-0.05, 0) is 17.7 Å². The van der Waals surface area contributed by atoms with Gasteiger partial charge in [0.15, 0.2) is 0 Å². The van der Waals surface area contributed by atoms with Crippen molar-refractivity contribution in [1.82, 2.24) is 0 Å². The fourth-order valence-corrected chi connectivity index (χ4v) is 2.34. The zero-order valence-electron chi connectivity index (χ0n) is 13.5. The molecule has 0 bridgehead atoms. The number of para-hydroxylation sites is 2. The Morgan fingerprint density at radius 1 is 1.17 bits per heavy atom. The number of ether oxygens (including phenoxy) is 1. The second-order valence-corrected chi connectivity index (χ2v) is 5.41. The Hall–Kier alpha value is -2.37. The van der Waals surface area contributed by atoms with Crippen LogP contribution in [0.1, 0.15) is 5.56 Å². The van der Waals surface area contributed by atoms with Crippen LogP contribution < -0.4 is 16.0 Å². The lowest BCUT2D eigenvalue weighted by Gasteiger charge is -2.23. The zero-order valence-corrected chi connectivity index (χ0v) is 13.5. The molecule has 2 rings (SSSR count). The number of carbonyl (C=O) groups is 1. The molecule has 0 radical (unpaired) electrons. The summed E-state index contributed by atoms with van der Waals surface area (Å²) in [5.41, 5.74) is 8.65. The van der Waals surface area contributed by atoms with E-state index < -0.39 is 6.04 Å². The van der Waals surface area contributed by atoms with Crippen LogP contribution in [0.15, 0.2) is 54.6 Å². The van der Waals surface area contributed by atoms with Crippen LogP contribution in [0, 0.1) is 0 Å². The minimum atomic E-state index is -0.688. The van der Waals surface area contributed by atoms with Crippen LogP contribution >= 0.6 is 0 Å². The van der Waals surface area contributed by atoms with Gasteiger partial charge in [0.1, 0.15) is 6.04 Å². The van der Waals surface area contributed by atoms with E-state index in [1.807, 2.05) is 49.5 Å². The van der Waals surface area contributed by atoms with Crippen molar-refractivity contribution < 1.29 is 9.53 Å². The highest BCUT2D eigenvalue weighted by Crippen LogP contribution is 2.26. The minimum Gasteiger partial charge on any atom is -0.383 e. The molecule has 0 saturated carbocycles. The largest absolute Gasteiger partial charge is 0.383 e. The van der Waals surface area contributed by atoms with Gasteiger partial charge in [-0.25, -0.2) is 0 Å². The molecular formula is C18H23N3O2. The molecule has 0 aliphatic carbocycles. The number of nitrogens with one attached hydrogen (secondary N) is 1. The topological polar surface area (TPSA) is 67.6 Å². The first-order valence-corrected chi connectivity index (χ1v) is 7.51. The van der Waals surface area contributed by atoms with Gasteiger partial charge in [-0.1, -0.05) is 42.5 Å². The first-order chi connectivity index (χ1) is 11.1. The molecule has 2 aromatic rings. The molecule has 1 atom stereocenters. The van der Waals surface area contributed by atoms with Gasteiger partial charge in [-0.15, -0.1) is 0 Å². The number of hydrogen-bond acceptors (Lipinski definition) is 4. The monoisotopic (exact) mass is 313 g/mol. The summed E-state index contributed by atoms with van der Waals surface area (Å²) in [6, 6.07) is 17.2. The predicted molar refractivity (Wildman–Crippen MR) is 93.5 cm³/mol. The van der Waals surface area contributed by atoms with Crippen LogP contribution in [0.5, 0.6) is 0 Å². The molecule has 2 aromatic carbocycles. The Morgan fingerprint density at radius 2 is 1.83 bits per heavy atom. The van der Waals surface area contributed by atoms with Gasteiger partial charge in [0.25, 0.3) is 0 Å². The quantitative estimate of drug-likeness (QED) is 0.822. The summed E-state index contributed by atoms with van der Waals surface area (Å²) in [6.07, 6.45) is 0. The number of benzene rings is 2. The lowest BCUT2D eigenvalue weighted by atomic mass is 10.2. The number of amides is 1. The number of nitrogens with two attached hydrogens (primary N) is 1. The molecule has 0 aromatic heterocycles. The van der Waals surface area contributed by atoms with Gasteiger partial charge in [-0.3, -0.25) is 4.79 Å². The number of anilines is 2. The first kappa shape index (κ1) is 17.0. The maximum atomic E-state index is 12.1. The van der Waals surface area contributed by atoms with Gasteiger partial charge >= 0.3 is 0 Å². The highest BCUT2D eigenvalue weighted by atomic mass is 16.5. The third kappa shape index (κ3) is 4.81. The van der Waals surface area contributed by atoms with E-state index >= 15 is 0 Å². The van der Waals surface area contributed by atoms with Crippen LogP contribution in [-0.4, -0.2) is 32.7 Å². The standard InChI is InChI=1S/C18H23N3O2/c1-21(12-14-8-4-3-5-9-14)17-11-7-6-10-16(17)20-18(22)15(19)13-23-2/h3-11,15H,12-13,19H2,1-2H3,(H,20,22). The van der Waals surface area contributed by atoms with Crippen molar-refractivity contribution in [2.75, 3.05) is 31.0 Å². The Bertz CT molecular complexity index is 631. The second-order valence-electron chi connectivity index (χ2n) is 5.41. The van der Waals surface area contributed by atoms with Crippen LogP contribution in [0.4, 0.5) is 11.4 Å². The molecule has 0 saturated heterocycles. The van der Waals surface area contributed by atoms with Crippen molar-refractivity contribution in [3.8, 4) is 0 Å². The number of methoxy groups -OCH3 is 1. The molecular weight excluding hydrogens is 290 g/mol. The second kappa shape index (κ2) is 8.31. The van der Waals surface area contributed by atoms with Crippen molar-refractivity contribution in [2.24, 2.45) is 5.73 Å². The van der Waals surface area contributed by atoms with Crippen molar-refractivity contribution in [3.05, 3.63) is 60.2 Å². The maximum absolute atomic E-state index is 12.1. The fourth-order valence-electron chi connectivity index (χ4n) is 2.34. The van der Waals surface area contributed by atoms with Crippen LogP contribution in [0.25, 0.3) is 0 Å². The summed E-state index contributed by atoms with van der Waals surface area (Å²) in [7, 11) is 3.52. The van der Waals surface area contributed by atoms with E-state index in [0.29, 0.717) is 0 Å². The van der Waals surface area contributed by atoms with Crippen LogP contribution in [0.3, 0.4) is 0 Å². The van der Waals surface area contributed by atoms with Gasteiger partial charge < -0.3 is 20.7 Å². The van der Waals surface area contributed by atoms with Crippen molar-refractivity contribution in [1.29, 1.82) is 0 Å². The molecule has 0 spiro atoms. The molecule has 122 valence electrons. The molecule has 1 unspecified atom stereocenters. The summed E-state index contributed by atoms with van der Waals surface area (Å²) < 4.78 is 4.92. The number of hydrogen-bond donors (Lipinski definition) is 2. The molecule has 0 heterocycles. The zero-order chi connectivity index (χ0) is 16.7. The molecule has 23 heavy (non-hydrogen) atoms. The molecule has 5 heteroatoms. The lowest BCUT2D eigenvalue weighted by molar-refractivity contribution is -0.118. The van der Waals surface area contributed by atoms with Gasteiger partial charge in [0.05, 0.1) is 18.0 Å². The summed E-state index contributed by atoms with van der Waals surface area (Å²) in [5.74, 6) is -0.257. The number of nitrogens with zero attached hydrogens (tertiary/aromatic N) is 1. The molecule has 3 N–H and O–H groups in total. The van der Waals surface area contributed by atoms with Gasteiger partial charge in [0, 0.05) is 20.7 Å². The molecule has 5 nitrogen and oxygen atoms in total. The van der Waals surface area contributed by atoms with E-state index in [4.69, 9.17) is 10.5 Å². The smallest absolute Gasteiger partial charge is 0.243 e. The molecule has 0 fully saturated rings. The van der Waals surface area contributed by atoms with E-state index in [0.717, 1.165) is 17.9 Å². The SMILES string of the molecule is COCC(N)C(=O)Nc1ccccc1N(C)Cc1ccccc1. The average Bonchev–Trinajstić information content (AvgIpc) is 2.56. The van der Waals surface area contributed by atoms with Crippen LogP contribution in [-0.2, 0) is 16.1 Å². The molecule has 0 aliphatic rings. The Morgan fingerprint density at radius 3 is 2.52 bits per heavy atom. The summed E-state index contributed by atoms with van der Waals surface area (Å²) in [5, 5.41) is 2.88. The van der Waals surface area contributed by atoms with E-state index in [1.54, 1.807) is 0 Å². The normalized spacial score (nSPS) is 11.8. The van der Waals surface area contributed by atoms with Crippen LogP contribution in [0.2, 0.25) is 0 Å².